The maximum Gasteiger partial charge on any atom is 0.250 e. The third kappa shape index (κ3) is 6.11. The quantitative estimate of drug-likeness (QED) is 0.729. The lowest BCUT2D eigenvalue weighted by Crippen LogP contribution is -2.35. The van der Waals surface area contributed by atoms with Crippen molar-refractivity contribution in [2.24, 2.45) is 0 Å². The van der Waals surface area contributed by atoms with Gasteiger partial charge < -0.3 is 19.5 Å². The highest BCUT2D eigenvalue weighted by Gasteiger charge is 2.10. The van der Waals surface area contributed by atoms with Crippen LogP contribution in [0.25, 0.3) is 0 Å². The third-order valence-corrected chi connectivity index (χ3v) is 3.41. The van der Waals surface area contributed by atoms with Gasteiger partial charge in [0, 0.05) is 32.4 Å². The molecule has 6 nitrogen and oxygen atoms in total. The highest BCUT2D eigenvalue weighted by Crippen LogP contribution is 2.12. The summed E-state index contributed by atoms with van der Waals surface area (Å²) in [5, 5.41) is 2.81. The van der Waals surface area contributed by atoms with Crippen molar-refractivity contribution in [2.45, 2.75) is 6.54 Å². The predicted molar refractivity (Wildman–Crippen MR) is 83.9 cm³/mol. The van der Waals surface area contributed by atoms with Crippen LogP contribution in [0, 0.1) is 0 Å². The van der Waals surface area contributed by atoms with Crippen molar-refractivity contribution < 1.29 is 19.0 Å². The lowest BCUT2D eigenvalue weighted by atomic mass is 10.2. The van der Waals surface area contributed by atoms with E-state index >= 15 is 0 Å². The second kappa shape index (κ2) is 9.53. The minimum absolute atomic E-state index is 0.0406. The summed E-state index contributed by atoms with van der Waals surface area (Å²) >= 11 is 0. The van der Waals surface area contributed by atoms with Crippen LogP contribution in [0.3, 0.4) is 0 Å². The lowest BCUT2D eigenvalue weighted by molar-refractivity contribution is -0.121. The predicted octanol–water partition coefficient (Wildman–Crippen LogP) is 1.12. The smallest absolute Gasteiger partial charge is 0.250 e. The lowest BCUT2D eigenvalue weighted by Gasteiger charge is -2.26. The van der Waals surface area contributed by atoms with Gasteiger partial charge >= 0.3 is 0 Å². The Bertz CT molecular complexity index is 444. The molecule has 22 heavy (non-hydrogen) atoms. The van der Waals surface area contributed by atoms with Gasteiger partial charge in [-0.3, -0.25) is 9.69 Å². The number of hydrogen-bond donors (Lipinski definition) is 1. The van der Waals surface area contributed by atoms with Crippen LogP contribution < -0.4 is 5.32 Å². The largest absolute Gasteiger partial charge is 0.382 e. The molecule has 1 aliphatic heterocycles. The van der Waals surface area contributed by atoms with E-state index in [0.29, 0.717) is 13.2 Å². The summed E-state index contributed by atoms with van der Waals surface area (Å²) in [4.78, 5) is 14.0. The van der Waals surface area contributed by atoms with E-state index in [-0.39, 0.29) is 12.5 Å². The van der Waals surface area contributed by atoms with Gasteiger partial charge in [0.2, 0.25) is 5.91 Å². The van der Waals surface area contributed by atoms with E-state index in [4.69, 9.17) is 14.2 Å². The molecular weight excluding hydrogens is 284 g/mol. The van der Waals surface area contributed by atoms with Crippen LogP contribution in [-0.2, 0) is 25.5 Å². The minimum Gasteiger partial charge on any atom is -0.382 e. The molecule has 0 radical (unpaired) electrons. The van der Waals surface area contributed by atoms with Gasteiger partial charge in [-0.2, -0.15) is 0 Å². The van der Waals surface area contributed by atoms with Gasteiger partial charge in [-0.15, -0.1) is 0 Å². The number of nitrogens with one attached hydrogen (secondary N) is 1. The van der Waals surface area contributed by atoms with E-state index < -0.39 is 0 Å². The zero-order valence-electron chi connectivity index (χ0n) is 13.0. The number of carbonyl (C=O) groups is 1. The number of benzene rings is 1. The molecule has 1 aromatic rings. The monoisotopic (exact) mass is 308 g/mol. The van der Waals surface area contributed by atoms with E-state index in [9.17, 15) is 4.79 Å². The van der Waals surface area contributed by atoms with E-state index in [0.717, 1.165) is 38.5 Å². The number of carbonyl (C=O) groups excluding carboxylic acids is 1. The highest BCUT2D eigenvalue weighted by atomic mass is 16.5. The molecule has 0 spiro atoms. The number of nitrogens with zero attached hydrogens (tertiary/aromatic N) is 1. The number of ether oxygens (including phenoxy) is 3. The van der Waals surface area contributed by atoms with Gasteiger partial charge in [0.05, 0.1) is 26.4 Å². The molecule has 0 atom stereocenters. The molecule has 1 saturated heterocycles. The molecule has 0 aromatic heterocycles. The van der Waals surface area contributed by atoms with Crippen molar-refractivity contribution in [1.82, 2.24) is 4.90 Å². The zero-order valence-corrected chi connectivity index (χ0v) is 13.0. The number of rotatable bonds is 8. The first kappa shape index (κ1) is 16.9. The summed E-state index contributed by atoms with van der Waals surface area (Å²) in [6.45, 7) is 5.41. The average Bonchev–Trinajstić information content (AvgIpc) is 2.54. The van der Waals surface area contributed by atoms with Crippen LogP contribution >= 0.6 is 0 Å². The van der Waals surface area contributed by atoms with Gasteiger partial charge in [-0.1, -0.05) is 12.1 Å². The van der Waals surface area contributed by atoms with Crippen LogP contribution in [0.5, 0.6) is 0 Å². The van der Waals surface area contributed by atoms with Crippen molar-refractivity contribution in [1.29, 1.82) is 0 Å². The van der Waals surface area contributed by atoms with Crippen molar-refractivity contribution in [3.63, 3.8) is 0 Å². The molecule has 0 bridgehead atoms. The summed E-state index contributed by atoms with van der Waals surface area (Å²) in [6, 6.07) is 7.92. The molecule has 1 heterocycles. The molecule has 0 aliphatic carbocycles. The fourth-order valence-electron chi connectivity index (χ4n) is 2.22. The maximum atomic E-state index is 11.7. The van der Waals surface area contributed by atoms with Crippen LogP contribution in [0.4, 0.5) is 5.69 Å². The Kier molecular flexibility index (Phi) is 7.32. The first-order chi connectivity index (χ1) is 10.8. The van der Waals surface area contributed by atoms with Crippen molar-refractivity contribution in [3.05, 3.63) is 29.8 Å². The van der Waals surface area contributed by atoms with E-state index in [1.54, 1.807) is 7.11 Å². The standard InChI is InChI=1S/C16H24N2O4/c1-20-10-11-22-13-16(19)17-15-4-2-14(3-5-15)12-18-6-8-21-9-7-18/h2-5H,6-13H2,1H3,(H,17,19). The average molecular weight is 308 g/mol. The molecule has 122 valence electrons. The number of anilines is 1. The molecule has 0 unspecified atom stereocenters. The fourth-order valence-corrected chi connectivity index (χ4v) is 2.22. The molecule has 1 N–H and O–H groups in total. The Hall–Kier alpha value is -1.47. The van der Waals surface area contributed by atoms with Gasteiger partial charge in [0.15, 0.2) is 0 Å². The number of morpholine rings is 1. The molecule has 1 aliphatic rings. The topological polar surface area (TPSA) is 60.0 Å². The van der Waals surface area contributed by atoms with Gasteiger partial charge in [-0.05, 0) is 17.7 Å². The summed E-state index contributed by atoms with van der Waals surface area (Å²) in [7, 11) is 1.60. The molecule has 1 amide bonds. The Morgan fingerprint density at radius 1 is 1.23 bits per heavy atom. The summed E-state index contributed by atoms with van der Waals surface area (Å²) in [5.41, 5.74) is 2.02. The third-order valence-electron chi connectivity index (χ3n) is 3.41. The number of amides is 1. The van der Waals surface area contributed by atoms with Gasteiger partial charge in [0.1, 0.15) is 6.61 Å². The summed E-state index contributed by atoms with van der Waals surface area (Å²) in [5.74, 6) is -0.156. The zero-order chi connectivity index (χ0) is 15.6. The van der Waals surface area contributed by atoms with E-state index in [1.165, 1.54) is 5.56 Å². The first-order valence-electron chi connectivity index (χ1n) is 7.53. The normalized spacial score (nSPS) is 15.7. The van der Waals surface area contributed by atoms with Crippen LogP contribution in [0.2, 0.25) is 0 Å². The molecule has 0 saturated carbocycles. The van der Waals surface area contributed by atoms with Crippen molar-refractivity contribution >= 4 is 11.6 Å². The van der Waals surface area contributed by atoms with E-state index in [1.807, 2.05) is 24.3 Å². The fraction of sp³-hybridized carbons (Fsp3) is 0.562. The second-order valence-corrected chi connectivity index (χ2v) is 5.18. The maximum absolute atomic E-state index is 11.7. The Balaban J connectivity index is 1.72. The highest BCUT2D eigenvalue weighted by molar-refractivity contribution is 5.91. The van der Waals surface area contributed by atoms with Crippen LogP contribution in [0.1, 0.15) is 5.56 Å². The van der Waals surface area contributed by atoms with Crippen LogP contribution in [-0.4, -0.2) is 64.0 Å². The Morgan fingerprint density at radius 3 is 2.64 bits per heavy atom. The van der Waals surface area contributed by atoms with Crippen LogP contribution in [0.15, 0.2) is 24.3 Å². The molecular formula is C16H24N2O4. The number of hydrogen-bond acceptors (Lipinski definition) is 5. The molecule has 1 fully saturated rings. The van der Waals surface area contributed by atoms with Crippen molar-refractivity contribution in [2.75, 3.05) is 58.6 Å². The van der Waals surface area contributed by atoms with Gasteiger partial charge in [0.25, 0.3) is 0 Å². The Morgan fingerprint density at radius 2 is 1.95 bits per heavy atom. The minimum atomic E-state index is -0.156. The summed E-state index contributed by atoms with van der Waals surface area (Å²) < 4.78 is 15.4. The van der Waals surface area contributed by atoms with Gasteiger partial charge in [-0.25, -0.2) is 0 Å². The molecule has 1 aromatic carbocycles. The molecule has 6 heteroatoms. The van der Waals surface area contributed by atoms with E-state index in [2.05, 4.69) is 10.2 Å². The SMILES string of the molecule is COCCOCC(=O)Nc1ccc(CN2CCOCC2)cc1. The summed E-state index contributed by atoms with van der Waals surface area (Å²) in [6.07, 6.45) is 0. The number of methoxy groups -OCH3 is 1. The molecule has 2 rings (SSSR count). The Labute approximate surface area is 131 Å². The van der Waals surface area contributed by atoms with Crippen molar-refractivity contribution in [3.8, 4) is 0 Å². The second-order valence-electron chi connectivity index (χ2n) is 5.18. The first-order valence-corrected chi connectivity index (χ1v) is 7.53.